The molecule has 1 aromatic rings. The van der Waals surface area contributed by atoms with Crippen molar-refractivity contribution < 1.29 is 0 Å². The molecule has 0 bridgehead atoms. The number of aromatic nitrogens is 1. The molecule has 0 atom stereocenters. The second-order valence-electron chi connectivity index (χ2n) is 5.64. The molecule has 0 unspecified atom stereocenters. The van der Waals surface area contributed by atoms with Crippen molar-refractivity contribution in [3.8, 4) is 0 Å². The minimum Gasteiger partial charge on any atom is -0.389 e. The molecule has 0 amide bonds. The first-order chi connectivity index (χ1) is 8.80. The Kier molecular flexibility index (Phi) is 4.06. The summed E-state index contributed by atoms with van der Waals surface area (Å²) in [6, 6.07) is 2.10. The van der Waals surface area contributed by atoms with E-state index in [4.69, 9.17) is 18.0 Å². The zero-order valence-corrected chi connectivity index (χ0v) is 13.6. The summed E-state index contributed by atoms with van der Waals surface area (Å²) in [5, 5.41) is 0. The van der Waals surface area contributed by atoms with E-state index in [0.717, 1.165) is 41.5 Å². The number of thiocarbonyl (C=S) groups is 1. The Morgan fingerprint density at radius 2 is 2.16 bits per heavy atom. The number of thioether (sulfide) groups is 1. The van der Waals surface area contributed by atoms with E-state index in [-0.39, 0.29) is 4.75 Å². The molecule has 3 nitrogen and oxygen atoms in total. The molecule has 19 heavy (non-hydrogen) atoms. The van der Waals surface area contributed by atoms with Crippen molar-refractivity contribution in [2.75, 3.05) is 23.7 Å². The van der Waals surface area contributed by atoms with Crippen molar-refractivity contribution in [3.63, 3.8) is 0 Å². The largest absolute Gasteiger partial charge is 0.389 e. The van der Waals surface area contributed by atoms with Crippen LogP contribution in [0.15, 0.2) is 6.07 Å². The Hall–Kier alpha value is -0.810. The van der Waals surface area contributed by atoms with E-state index >= 15 is 0 Å². The maximum atomic E-state index is 5.90. The van der Waals surface area contributed by atoms with Gasteiger partial charge in [-0.15, -0.1) is 0 Å². The third-order valence-corrected chi connectivity index (χ3v) is 4.82. The van der Waals surface area contributed by atoms with Crippen molar-refractivity contribution in [1.29, 1.82) is 0 Å². The monoisotopic (exact) mass is 295 g/mol. The Morgan fingerprint density at radius 1 is 1.47 bits per heavy atom. The van der Waals surface area contributed by atoms with E-state index in [9.17, 15) is 0 Å². The number of anilines is 1. The highest BCUT2D eigenvalue weighted by atomic mass is 32.2. The molecule has 1 fully saturated rings. The van der Waals surface area contributed by atoms with Gasteiger partial charge in [-0.25, -0.2) is 0 Å². The number of hydrogen-bond acceptors (Lipinski definition) is 4. The van der Waals surface area contributed by atoms with Crippen LogP contribution in [0, 0.1) is 13.8 Å². The van der Waals surface area contributed by atoms with Gasteiger partial charge in [-0.1, -0.05) is 12.2 Å². The fraction of sp³-hybridized carbons (Fsp3) is 0.571. The van der Waals surface area contributed by atoms with Crippen LogP contribution in [0.2, 0.25) is 0 Å². The number of aryl methyl sites for hydroxylation is 2. The van der Waals surface area contributed by atoms with Gasteiger partial charge >= 0.3 is 0 Å². The summed E-state index contributed by atoms with van der Waals surface area (Å²) in [5.74, 6) is 1.13. The van der Waals surface area contributed by atoms with E-state index < -0.39 is 0 Å². The number of rotatable bonds is 2. The van der Waals surface area contributed by atoms with Crippen LogP contribution < -0.4 is 10.6 Å². The smallest absolute Gasteiger partial charge is 0.107 e. The Labute approximate surface area is 125 Å². The number of hydrogen-bond donors (Lipinski definition) is 1. The lowest BCUT2D eigenvalue weighted by Crippen LogP contribution is -2.44. The maximum Gasteiger partial charge on any atom is 0.107 e. The average molecular weight is 295 g/mol. The predicted octanol–water partition coefficient (Wildman–Crippen LogP) is 2.66. The van der Waals surface area contributed by atoms with Crippen LogP contribution in [0.4, 0.5) is 5.69 Å². The summed E-state index contributed by atoms with van der Waals surface area (Å²) in [5.41, 5.74) is 9.92. The van der Waals surface area contributed by atoms with Gasteiger partial charge in [-0.2, -0.15) is 11.8 Å². The molecule has 0 spiro atoms. The third kappa shape index (κ3) is 3.20. The SMILES string of the molecule is Cc1cc(N2CCSC(C)(C)C2)c(C(N)=S)c(C)n1. The van der Waals surface area contributed by atoms with Crippen LogP contribution in [-0.4, -0.2) is 33.6 Å². The second kappa shape index (κ2) is 5.29. The van der Waals surface area contributed by atoms with Crippen LogP contribution in [0.5, 0.6) is 0 Å². The van der Waals surface area contributed by atoms with Crippen LogP contribution in [-0.2, 0) is 0 Å². The summed E-state index contributed by atoms with van der Waals surface area (Å²) in [7, 11) is 0. The molecule has 2 N–H and O–H groups in total. The predicted molar refractivity (Wildman–Crippen MR) is 88.3 cm³/mol. The van der Waals surface area contributed by atoms with Gasteiger partial charge in [0.15, 0.2) is 0 Å². The average Bonchev–Trinajstić information content (AvgIpc) is 2.25. The Morgan fingerprint density at radius 3 is 2.74 bits per heavy atom. The minimum absolute atomic E-state index is 0.261. The van der Waals surface area contributed by atoms with E-state index in [1.165, 1.54) is 0 Å². The highest BCUT2D eigenvalue weighted by Crippen LogP contribution is 2.34. The summed E-state index contributed by atoms with van der Waals surface area (Å²) >= 11 is 7.23. The topological polar surface area (TPSA) is 42.1 Å². The molecular weight excluding hydrogens is 274 g/mol. The third-order valence-electron chi connectivity index (χ3n) is 3.32. The van der Waals surface area contributed by atoms with Gasteiger partial charge in [0.1, 0.15) is 4.99 Å². The molecule has 1 saturated heterocycles. The summed E-state index contributed by atoms with van der Waals surface area (Å²) in [6.45, 7) is 10.6. The summed E-state index contributed by atoms with van der Waals surface area (Å²) in [4.78, 5) is 7.32. The minimum atomic E-state index is 0.261. The molecule has 2 heterocycles. The van der Waals surface area contributed by atoms with E-state index in [1.807, 2.05) is 25.6 Å². The molecule has 0 radical (unpaired) electrons. The first-order valence-electron chi connectivity index (χ1n) is 6.47. The van der Waals surface area contributed by atoms with Crippen molar-refractivity contribution in [2.45, 2.75) is 32.4 Å². The molecule has 2 rings (SSSR count). The van der Waals surface area contributed by atoms with E-state index in [0.29, 0.717) is 4.99 Å². The van der Waals surface area contributed by atoms with Gasteiger partial charge in [0.2, 0.25) is 0 Å². The molecule has 104 valence electrons. The quantitative estimate of drug-likeness (QED) is 0.850. The molecule has 0 saturated carbocycles. The van der Waals surface area contributed by atoms with Crippen LogP contribution in [0.3, 0.4) is 0 Å². The fourth-order valence-electron chi connectivity index (χ4n) is 2.58. The lowest BCUT2D eigenvalue weighted by atomic mass is 10.1. The van der Waals surface area contributed by atoms with Crippen molar-refractivity contribution in [1.82, 2.24) is 4.98 Å². The van der Waals surface area contributed by atoms with Gasteiger partial charge in [0, 0.05) is 35.0 Å². The van der Waals surface area contributed by atoms with Gasteiger partial charge in [0.25, 0.3) is 0 Å². The van der Waals surface area contributed by atoms with Crippen LogP contribution in [0.1, 0.15) is 30.8 Å². The van der Waals surface area contributed by atoms with Gasteiger partial charge in [-0.3, -0.25) is 4.98 Å². The van der Waals surface area contributed by atoms with Gasteiger partial charge in [0.05, 0.1) is 11.3 Å². The standard InChI is InChI=1S/C14H21N3S2/c1-9-7-11(12(13(15)18)10(2)16-9)17-5-6-19-14(3,4)8-17/h7H,5-6,8H2,1-4H3,(H2,15,18). The second-order valence-corrected chi connectivity index (χ2v) is 7.88. The molecule has 1 aliphatic rings. The lowest BCUT2D eigenvalue weighted by Gasteiger charge is -2.40. The van der Waals surface area contributed by atoms with Crippen LogP contribution >= 0.6 is 24.0 Å². The fourth-order valence-corrected chi connectivity index (χ4v) is 3.95. The highest BCUT2D eigenvalue weighted by molar-refractivity contribution is 8.00. The lowest BCUT2D eigenvalue weighted by molar-refractivity contribution is 0.646. The van der Waals surface area contributed by atoms with E-state index in [1.54, 1.807) is 0 Å². The van der Waals surface area contributed by atoms with E-state index in [2.05, 4.69) is 29.8 Å². The Balaban J connectivity index is 2.46. The molecule has 5 heteroatoms. The maximum absolute atomic E-state index is 5.90. The van der Waals surface area contributed by atoms with Crippen LogP contribution in [0.25, 0.3) is 0 Å². The molecular formula is C14H21N3S2. The Bertz CT molecular complexity index is 512. The first kappa shape index (κ1) is 14.6. The number of nitrogens with zero attached hydrogens (tertiary/aromatic N) is 2. The summed E-state index contributed by atoms with van der Waals surface area (Å²) in [6.07, 6.45) is 0. The molecule has 1 aliphatic heterocycles. The zero-order chi connectivity index (χ0) is 14.2. The molecule has 1 aromatic heterocycles. The number of pyridine rings is 1. The van der Waals surface area contributed by atoms with Crippen molar-refractivity contribution >= 4 is 34.7 Å². The highest BCUT2D eigenvalue weighted by Gasteiger charge is 2.29. The normalized spacial score (nSPS) is 18.4. The first-order valence-corrected chi connectivity index (χ1v) is 7.86. The molecule has 0 aliphatic carbocycles. The van der Waals surface area contributed by atoms with Crippen molar-refractivity contribution in [2.24, 2.45) is 5.73 Å². The number of nitrogens with two attached hydrogens (primary N) is 1. The van der Waals surface area contributed by atoms with Gasteiger partial charge < -0.3 is 10.6 Å². The zero-order valence-electron chi connectivity index (χ0n) is 12.0. The molecule has 0 aromatic carbocycles. The van der Waals surface area contributed by atoms with Crippen molar-refractivity contribution in [3.05, 3.63) is 23.0 Å². The van der Waals surface area contributed by atoms with Gasteiger partial charge in [-0.05, 0) is 33.8 Å². The summed E-state index contributed by atoms with van der Waals surface area (Å²) < 4.78 is 0.261.